The van der Waals surface area contributed by atoms with Gasteiger partial charge in [0.1, 0.15) is 5.52 Å². The number of hydrogen-bond donors (Lipinski definition) is 0. The molecular formula is C16H14ClNOS. The summed E-state index contributed by atoms with van der Waals surface area (Å²) in [6.07, 6.45) is 2.65. The molecule has 0 aliphatic heterocycles. The van der Waals surface area contributed by atoms with E-state index in [4.69, 9.17) is 16.0 Å². The second kappa shape index (κ2) is 5.90. The van der Waals surface area contributed by atoms with Gasteiger partial charge in [-0.3, -0.25) is 0 Å². The number of hydrogen-bond acceptors (Lipinski definition) is 3. The SMILES string of the molecule is CSc1ccccc1C(Cl)Cc1nc2ccccc2o1. The number of thioether (sulfide) groups is 1. The summed E-state index contributed by atoms with van der Waals surface area (Å²) in [6, 6.07) is 15.9. The van der Waals surface area contributed by atoms with E-state index in [0.717, 1.165) is 16.7 Å². The molecule has 0 aliphatic rings. The fourth-order valence-corrected chi connectivity index (χ4v) is 3.24. The first-order valence-corrected chi connectivity index (χ1v) is 8.05. The van der Waals surface area contributed by atoms with Crippen LogP contribution in [0, 0.1) is 0 Å². The number of fused-ring (bicyclic) bond motifs is 1. The van der Waals surface area contributed by atoms with Crippen LogP contribution in [0.1, 0.15) is 16.8 Å². The molecule has 0 saturated carbocycles. The summed E-state index contributed by atoms with van der Waals surface area (Å²) in [7, 11) is 0. The normalized spacial score (nSPS) is 12.7. The van der Waals surface area contributed by atoms with Crippen molar-refractivity contribution < 1.29 is 4.42 Å². The molecule has 20 heavy (non-hydrogen) atoms. The lowest BCUT2D eigenvalue weighted by atomic mass is 10.1. The minimum Gasteiger partial charge on any atom is -0.441 e. The van der Waals surface area contributed by atoms with Crippen LogP contribution in [0.3, 0.4) is 0 Å². The molecule has 0 saturated heterocycles. The Kier molecular flexibility index (Phi) is 3.99. The van der Waals surface area contributed by atoms with Crippen molar-refractivity contribution >= 4 is 34.5 Å². The van der Waals surface area contributed by atoms with Crippen LogP contribution in [0.25, 0.3) is 11.1 Å². The van der Waals surface area contributed by atoms with E-state index in [2.05, 4.69) is 23.4 Å². The Bertz CT molecular complexity index is 692. The second-order valence-corrected chi connectivity index (χ2v) is 5.86. The number of alkyl halides is 1. The molecule has 0 radical (unpaired) electrons. The van der Waals surface area contributed by atoms with Crippen molar-refractivity contribution in [3.63, 3.8) is 0 Å². The van der Waals surface area contributed by atoms with E-state index in [1.165, 1.54) is 4.90 Å². The first-order chi connectivity index (χ1) is 9.78. The van der Waals surface area contributed by atoms with E-state index in [1.807, 2.05) is 36.4 Å². The average Bonchev–Trinajstić information content (AvgIpc) is 2.89. The molecule has 1 aromatic heterocycles. The van der Waals surface area contributed by atoms with E-state index >= 15 is 0 Å². The van der Waals surface area contributed by atoms with Crippen molar-refractivity contribution in [3.8, 4) is 0 Å². The van der Waals surface area contributed by atoms with Gasteiger partial charge in [-0.2, -0.15) is 0 Å². The van der Waals surface area contributed by atoms with Gasteiger partial charge in [0.05, 0.1) is 5.38 Å². The third-order valence-electron chi connectivity index (χ3n) is 3.17. The number of halogens is 1. The molecule has 0 N–H and O–H groups in total. The third kappa shape index (κ3) is 2.69. The van der Waals surface area contributed by atoms with E-state index in [0.29, 0.717) is 12.3 Å². The van der Waals surface area contributed by atoms with Gasteiger partial charge >= 0.3 is 0 Å². The summed E-state index contributed by atoms with van der Waals surface area (Å²) < 4.78 is 5.73. The van der Waals surface area contributed by atoms with E-state index in [-0.39, 0.29) is 5.38 Å². The fraction of sp³-hybridized carbons (Fsp3) is 0.188. The molecule has 1 unspecified atom stereocenters. The molecule has 0 aliphatic carbocycles. The summed E-state index contributed by atoms with van der Waals surface area (Å²) in [4.78, 5) is 5.67. The maximum atomic E-state index is 6.54. The lowest BCUT2D eigenvalue weighted by molar-refractivity contribution is 0.524. The van der Waals surface area contributed by atoms with Crippen molar-refractivity contribution in [1.29, 1.82) is 0 Å². The molecule has 3 aromatic rings. The highest BCUT2D eigenvalue weighted by atomic mass is 35.5. The lowest BCUT2D eigenvalue weighted by Gasteiger charge is -2.11. The van der Waals surface area contributed by atoms with Gasteiger partial charge in [-0.25, -0.2) is 4.98 Å². The first-order valence-electron chi connectivity index (χ1n) is 6.39. The van der Waals surface area contributed by atoms with Gasteiger partial charge in [-0.15, -0.1) is 23.4 Å². The summed E-state index contributed by atoms with van der Waals surface area (Å²) >= 11 is 8.24. The topological polar surface area (TPSA) is 26.0 Å². The van der Waals surface area contributed by atoms with Gasteiger partial charge in [0, 0.05) is 11.3 Å². The van der Waals surface area contributed by atoms with Gasteiger partial charge in [0.2, 0.25) is 0 Å². The molecular weight excluding hydrogens is 290 g/mol. The Morgan fingerprint density at radius 3 is 2.70 bits per heavy atom. The fourth-order valence-electron chi connectivity index (χ4n) is 2.20. The Morgan fingerprint density at radius 1 is 1.15 bits per heavy atom. The quantitative estimate of drug-likeness (QED) is 0.497. The molecule has 0 fully saturated rings. The zero-order valence-electron chi connectivity index (χ0n) is 11.0. The predicted octanol–water partition coefficient (Wildman–Crippen LogP) is 5.07. The molecule has 102 valence electrons. The highest BCUT2D eigenvalue weighted by Crippen LogP contribution is 2.32. The van der Waals surface area contributed by atoms with Crippen LogP contribution >= 0.6 is 23.4 Å². The number of nitrogens with zero attached hydrogens (tertiary/aromatic N) is 1. The van der Waals surface area contributed by atoms with Crippen LogP contribution < -0.4 is 0 Å². The smallest absolute Gasteiger partial charge is 0.197 e. The highest BCUT2D eigenvalue weighted by molar-refractivity contribution is 7.98. The predicted molar refractivity (Wildman–Crippen MR) is 84.5 cm³/mol. The standard InChI is InChI=1S/C16H14ClNOS/c1-20-15-9-5-2-6-11(15)12(17)10-16-18-13-7-3-4-8-14(13)19-16/h2-9,12H,10H2,1H3. The Balaban J connectivity index is 1.86. The zero-order chi connectivity index (χ0) is 13.9. The van der Waals surface area contributed by atoms with E-state index in [1.54, 1.807) is 11.8 Å². The zero-order valence-corrected chi connectivity index (χ0v) is 12.6. The number of rotatable bonds is 4. The van der Waals surface area contributed by atoms with E-state index in [9.17, 15) is 0 Å². The maximum Gasteiger partial charge on any atom is 0.197 e. The summed E-state index contributed by atoms with van der Waals surface area (Å²) in [6.45, 7) is 0. The van der Waals surface area contributed by atoms with Gasteiger partial charge < -0.3 is 4.42 Å². The molecule has 0 spiro atoms. The van der Waals surface area contributed by atoms with Crippen molar-refractivity contribution in [2.24, 2.45) is 0 Å². The van der Waals surface area contributed by atoms with Crippen molar-refractivity contribution in [2.45, 2.75) is 16.7 Å². The van der Waals surface area contributed by atoms with E-state index < -0.39 is 0 Å². The summed E-state index contributed by atoms with van der Waals surface area (Å²) in [5, 5.41) is -0.133. The first kappa shape index (κ1) is 13.5. The number of benzene rings is 2. The molecule has 0 bridgehead atoms. The molecule has 0 amide bonds. The number of aromatic nitrogens is 1. The van der Waals surface area contributed by atoms with Gasteiger partial charge in [0.15, 0.2) is 11.5 Å². The number of oxazole rings is 1. The minimum absolute atomic E-state index is 0.133. The van der Waals surface area contributed by atoms with Crippen LogP contribution in [0.5, 0.6) is 0 Å². The molecule has 2 aromatic carbocycles. The Labute approximate surface area is 127 Å². The molecule has 3 rings (SSSR count). The summed E-state index contributed by atoms with van der Waals surface area (Å²) in [5.74, 6) is 0.683. The lowest BCUT2D eigenvalue weighted by Crippen LogP contribution is -1.97. The molecule has 1 heterocycles. The van der Waals surface area contributed by atoms with Crippen LogP contribution in [-0.4, -0.2) is 11.2 Å². The Morgan fingerprint density at radius 2 is 1.90 bits per heavy atom. The Hall–Kier alpha value is -1.45. The van der Waals surface area contributed by atoms with Crippen LogP contribution in [-0.2, 0) is 6.42 Å². The van der Waals surface area contributed by atoms with Gasteiger partial charge in [-0.1, -0.05) is 30.3 Å². The van der Waals surface area contributed by atoms with Crippen molar-refractivity contribution in [3.05, 3.63) is 60.0 Å². The summed E-state index contributed by atoms with van der Waals surface area (Å²) in [5.41, 5.74) is 2.82. The highest BCUT2D eigenvalue weighted by Gasteiger charge is 2.16. The van der Waals surface area contributed by atoms with Gasteiger partial charge in [-0.05, 0) is 30.0 Å². The second-order valence-electron chi connectivity index (χ2n) is 4.49. The van der Waals surface area contributed by atoms with Crippen LogP contribution in [0.2, 0.25) is 0 Å². The van der Waals surface area contributed by atoms with Crippen LogP contribution in [0.15, 0.2) is 57.8 Å². The molecule has 2 nitrogen and oxygen atoms in total. The van der Waals surface area contributed by atoms with Crippen molar-refractivity contribution in [1.82, 2.24) is 4.98 Å². The number of para-hydroxylation sites is 2. The van der Waals surface area contributed by atoms with Crippen molar-refractivity contribution in [2.75, 3.05) is 6.26 Å². The largest absolute Gasteiger partial charge is 0.441 e. The third-order valence-corrected chi connectivity index (χ3v) is 4.37. The monoisotopic (exact) mass is 303 g/mol. The van der Waals surface area contributed by atoms with Gasteiger partial charge in [0.25, 0.3) is 0 Å². The average molecular weight is 304 g/mol. The maximum absolute atomic E-state index is 6.54. The minimum atomic E-state index is -0.133. The molecule has 1 atom stereocenters. The van der Waals surface area contributed by atoms with Crippen LogP contribution in [0.4, 0.5) is 0 Å². The molecule has 4 heteroatoms.